The molecule has 0 aromatic heterocycles. The van der Waals surface area contributed by atoms with E-state index in [1.807, 2.05) is 0 Å². The fraction of sp³-hybridized carbons (Fsp3) is 0. The van der Waals surface area contributed by atoms with Gasteiger partial charge in [-0.3, -0.25) is 9.68 Å². The van der Waals surface area contributed by atoms with E-state index in [1.165, 1.54) is 0 Å². The second-order valence-corrected chi connectivity index (χ2v) is 1.50. The summed E-state index contributed by atoms with van der Waals surface area (Å²) >= 11 is 0. The lowest BCUT2D eigenvalue weighted by atomic mass is 10.1. The molecule has 0 saturated heterocycles. The van der Waals surface area contributed by atoms with Crippen molar-refractivity contribution in [3.05, 3.63) is 24.3 Å². The summed E-state index contributed by atoms with van der Waals surface area (Å²) in [4.78, 5) is 23.5. The van der Waals surface area contributed by atoms with Crippen LogP contribution in [0.5, 0.6) is 0 Å². The third-order valence-electron chi connectivity index (χ3n) is 0.859. The minimum Gasteiger partial charge on any atom is -0.298 e. The molecule has 0 aromatic carbocycles. The third kappa shape index (κ3) is 1.83. The van der Waals surface area contributed by atoms with Crippen molar-refractivity contribution in [2.75, 3.05) is 0 Å². The minimum absolute atomic E-state index is 0.112. The van der Waals surface area contributed by atoms with E-state index < -0.39 is 5.97 Å². The molecule has 0 amide bonds. The van der Waals surface area contributed by atoms with Gasteiger partial charge >= 0.3 is 5.97 Å². The fourth-order valence-corrected chi connectivity index (χ4v) is 0.257. The van der Waals surface area contributed by atoms with Crippen LogP contribution in [0.4, 0.5) is 0 Å². The topological polar surface area (TPSA) is 63.6 Å². The Hall–Kier alpha value is -1.42. The van der Waals surface area contributed by atoms with Crippen LogP contribution in [0.15, 0.2) is 24.3 Å². The van der Waals surface area contributed by atoms with Crippen molar-refractivity contribution in [2.24, 2.45) is 0 Å². The quantitative estimate of drug-likeness (QED) is 0.202. The molecule has 4 nitrogen and oxygen atoms in total. The summed E-state index contributed by atoms with van der Waals surface area (Å²) in [6.07, 6.45) is 0.346. The Labute approximate surface area is 57.3 Å². The molecule has 0 bridgehead atoms. The first-order valence-electron chi connectivity index (χ1n) is 2.32. The summed E-state index contributed by atoms with van der Waals surface area (Å²) in [5, 5.41) is 7.78. The zero-order chi connectivity index (χ0) is 8.15. The molecule has 0 aliphatic carbocycles. The zero-order valence-corrected chi connectivity index (χ0v) is 5.16. The van der Waals surface area contributed by atoms with Crippen molar-refractivity contribution >= 4 is 12.3 Å². The molecule has 1 N–H and O–H groups in total. The summed E-state index contributed by atoms with van der Waals surface area (Å²) in [5.74, 6) is -1.07. The number of rotatable bonds is 3. The molecule has 0 saturated carbocycles. The van der Waals surface area contributed by atoms with Gasteiger partial charge in [-0.1, -0.05) is 13.2 Å². The molecule has 0 aliphatic rings. The van der Waals surface area contributed by atoms with E-state index in [1.54, 1.807) is 0 Å². The summed E-state index contributed by atoms with van der Waals surface area (Å²) in [7, 11) is 0. The van der Waals surface area contributed by atoms with Gasteiger partial charge in [-0.25, -0.2) is 4.79 Å². The fourth-order valence-electron chi connectivity index (χ4n) is 0.257. The highest BCUT2D eigenvalue weighted by Gasteiger charge is 2.10. The van der Waals surface area contributed by atoms with Crippen molar-refractivity contribution in [2.45, 2.75) is 0 Å². The van der Waals surface area contributed by atoms with Gasteiger partial charge in [-0.2, -0.15) is 5.26 Å². The van der Waals surface area contributed by atoms with Gasteiger partial charge in [-0.05, 0) is 0 Å². The summed E-state index contributed by atoms with van der Waals surface area (Å²) < 4.78 is 0. The predicted octanol–water partition coefficient (Wildman–Crippen LogP) is 0.314. The van der Waals surface area contributed by atoms with Crippen LogP contribution in [-0.2, 0) is 14.5 Å². The molecule has 4 heteroatoms. The molecule has 0 unspecified atom stereocenters. The van der Waals surface area contributed by atoms with Gasteiger partial charge in [0.15, 0.2) is 0 Å². The molecular formula is C6H6O4. The normalized spacial score (nSPS) is 8.10. The standard InChI is InChI=1S/C6H6O4/c1-4(3-7)5(2)6(8)10-9/h3,9H,1-2H2. The second kappa shape index (κ2) is 3.58. The Morgan fingerprint density at radius 1 is 1.50 bits per heavy atom. The van der Waals surface area contributed by atoms with Crippen molar-refractivity contribution in [3.8, 4) is 0 Å². The van der Waals surface area contributed by atoms with E-state index >= 15 is 0 Å². The number of hydrogen-bond acceptors (Lipinski definition) is 4. The van der Waals surface area contributed by atoms with Gasteiger partial charge < -0.3 is 0 Å². The van der Waals surface area contributed by atoms with E-state index in [0.29, 0.717) is 6.29 Å². The Balaban J connectivity index is 4.22. The summed E-state index contributed by atoms with van der Waals surface area (Å²) in [6, 6.07) is 0. The van der Waals surface area contributed by atoms with Gasteiger partial charge in [-0.15, -0.1) is 0 Å². The van der Waals surface area contributed by atoms with Crippen LogP contribution in [0.2, 0.25) is 0 Å². The number of carbonyl (C=O) groups excluding carboxylic acids is 2. The predicted molar refractivity (Wildman–Crippen MR) is 33.1 cm³/mol. The van der Waals surface area contributed by atoms with Crippen LogP contribution < -0.4 is 0 Å². The smallest absolute Gasteiger partial charge is 0.298 e. The summed E-state index contributed by atoms with van der Waals surface area (Å²) in [6.45, 7) is 6.29. The highest BCUT2D eigenvalue weighted by molar-refractivity contribution is 6.00. The van der Waals surface area contributed by atoms with Crippen molar-refractivity contribution in [1.29, 1.82) is 0 Å². The number of carbonyl (C=O) groups is 2. The average Bonchev–Trinajstić information content (AvgIpc) is 2.00. The van der Waals surface area contributed by atoms with Crippen LogP contribution in [0.25, 0.3) is 0 Å². The SMILES string of the molecule is C=C(C=O)C(=C)C(=O)OO. The Kier molecular flexibility index (Phi) is 3.07. The van der Waals surface area contributed by atoms with Crippen LogP contribution >= 0.6 is 0 Å². The second-order valence-electron chi connectivity index (χ2n) is 1.50. The molecule has 54 valence electrons. The first-order chi connectivity index (χ1) is 4.63. The number of aldehydes is 1. The van der Waals surface area contributed by atoms with Crippen molar-refractivity contribution < 1.29 is 19.7 Å². The van der Waals surface area contributed by atoms with E-state index in [0.717, 1.165) is 0 Å². The van der Waals surface area contributed by atoms with E-state index in [-0.39, 0.29) is 11.1 Å². The Morgan fingerprint density at radius 3 is 2.30 bits per heavy atom. The molecular weight excluding hydrogens is 136 g/mol. The van der Waals surface area contributed by atoms with Crippen molar-refractivity contribution in [3.63, 3.8) is 0 Å². The third-order valence-corrected chi connectivity index (χ3v) is 0.859. The van der Waals surface area contributed by atoms with Gasteiger partial charge in [0.25, 0.3) is 0 Å². The maximum atomic E-state index is 10.3. The van der Waals surface area contributed by atoms with Gasteiger partial charge in [0, 0.05) is 5.57 Å². The highest BCUT2D eigenvalue weighted by Crippen LogP contribution is 2.02. The van der Waals surface area contributed by atoms with Crippen LogP contribution in [0.3, 0.4) is 0 Å². The van der Waals surface area contributed by atoms with Crippen LogP contribution in [0.1, 0.15) is 0 Å². The molecule has 0 atom stereocenters. The van der Waals surface area contributed by atoms with E-state index in [2.05, 4.69) is 18.0 Å². The molecule has 0 aromatic rings. The largest absolute Gasteiger partial charge is 0.372 e. The Morgan fingerprint density at radius 2 is 2.00 bits per heavy atom. The van der Waals surface area contributed by atoms with Gasteiger partial charge in [0.2, 0.25) is 0 Å². The Bertz CT molecular complexity index is 192. The molecule has 0 spiro atoms. The van der Waals surface area contributed by atoms with Gasteiger partial charge in [0.05, 0.1) is 5.57 Å². The average molecular weight is 142 g/mol. The molecule has 0 aliphatic heterocycles. The van der Waals surface area contributed by atoms with Gasteiger partial charge in [0.1, 0.15) is 6.29 Å². The monoisotopic (exact) mass is 142 g/mol. The summed E-state index contributed by atoms with van der Waals surface area (Å²) in [5.41, 5.74) is -0.364. The van der Waals surface area contributed by atoms with E-state index in [9.17, 15) is 9.59 Å². The maximum absolute atomic E-state index is 10.3. The molecule has 0 rings (SSSR count). The van der Waals surface area contributed by atoms with Crippen LogP contribution in [0, 0.1) is 0 Å². The first kappa shape index (κ1) is 8.58. The molecule has 10 heavy (non-hydrogen) atoms. The minimum atomic E-state index is -1.07. The highest BCUT2D eigenvalue weighted by atomic mass is 17.1. The zero-order valence-electron chi connectivity index (χ0n) is 5.16. The maximum Gasteiger partial charge on any atom is 0.372 e. The van der Waals surface area contributed by atoms with Crippen LogP contribution in [-0.4, -0.2) is 17.5 Å². The number of hydrogen-bond donors (Lipinski definition) is 1. The lowest BCUT2D eigenvalue weighted by Gasteiger charge is -1.96. The molecule has 0 fully saturated rings. The van der Waals surface area contributed by atoms with Crippen molar-refractivity contribution in [1.82, 2.24) is 0 Å². The lowest BCUT2D eigenvalue weighted by molar-refractivity contribution is -0.229. The first-order valence-corrected chi connectivity index (χ1v) is 2.32. The molecule has 0 radical (unpaired) electrons. The van der Waals surface area contributed by atoms with E-state index in [4.69, 9.17) is 5.26 Å². The lowest BCUT2D eigenvalue weighted by Crippen LogP contribution is -2.06. The molecule has 0 heterocycles.